The highest BCUT2D eigenvalue weighted by Gasteiger charge is 2.15. The highest BCUT2D eigenvalue weighted by molar-refractivity contribution is 8.01. The maximum absolute atomic E-state index is 12.2. The monoisotopic (exact) mass is 407 g/mol. The Balaban J connectivity index is 1.44. The number of carbonyl (C=O) groups is 2. The van der Waals surface area contributed by atoms with Gasteiger partial charge in [0, 0.05) is 31.5 Å². The van der Waals surface area contributed by atoms with Crippen molar-refractivity contribution >= 4 is 46.3 Å². The molecule has 1 saturated heterocycles. The van der Waals surface area contributed by atoms with E-state index >= 15 is 0 Å². The van der Waals surface area contributed by atoms with Crippen molar-refractivity contribution in [1.82, 2.24) is 15.1 Å². The lowest BCUT2D eigenvalue weighted by Gasteiger charge is -2.28. The molecule has 0 bridgehead atoms. The van der Waals surface area contributed by atoms with Gasteiger partial charge in [0.2, 0.25) is 11.8 Å². The van der Waals surface area contributed by atoms with Crippen LogP contribution in [0.25, 0.3) is 0 Å². The van der Waals surface area contributed by atoms with Crippen LogP contribution in [0.15, 0.2) is 34.1 Å². The summed E-state index contributed by atoms with van der Waals surface area (Å²) in [7, 11) is 1.62. The minimum atomic E-state index is -0.231. The van der Waals surface area contributed by atoms with Crippen LogP contribution >= 0.6 is 23.1 Å². The molecule has 0 radical (unpaired) electrons. The molecule has 144 valence electrons. The predicted octanol–water partition coefficient (Wildman–Crippen LogP) is 1.56. The van der Waals surface area contributed by atoms with Crippen molar-refractivity contribution in [3.05, 3.63) is 29.8 Å². The van der Waals surface area contributed by atoms with Gasteiger partial charge in [-0.1, -0.05) is 23.1 Å². The van der Waals surface area contributed by atoms with Gasteiger partial charge in [0.25, 0.3) is 0 Å². The summed E-state index contributed by atoms with van der Waals surface area (Å²) in [5.74, 6) is -0.133. The van der Waals surface area contributed by atoms with Crippen molar-refractivity contribution in [1.29, 1.82) is 0 Å². The number of likely N-dealkylation sites (N-methyl/N-ethyl adjacent to an activating group) is 1. The average Bonchev–Trinajstić information content (AvgIpc) is 3.21. The fourth-order valence-corrected chi connectivity index (χ4v) is 3.97. The Morgan fingerprint density at radius 1 is 1.30 bits per heavy atom. The lowest BCUT2D eigenvalue weighted by Crippen LogP contribution is -2.36. The number of nitrogens with one attached hydrogen (secondary N) is 1. The molecule has 2 aromatic rings. The molecule has 0 spiro atoms. The molecule has 1 aliphatic rings. The van der Waals surface area contributed by atoms with Crippen molar-refractivity contribution in [2.24, 2.45) is 0 Å². The molecular formula is C17H21N5O3S2. The van der Waals surface area contributed by atoms with Gasteiger partial charge in [0.15, 0.2) is 4.34 Å². The first-order chi connectivity index (χ1) is 13.1. The van der Waals surface area contributed by atoms with Crippen LogP contribution in [0.2, 0.25) is 0 Å². The molecular weight excluding hydrogens is 386 g/mol. The highest BCUT2D eigenvalue weighted by Crippen LogP contribution is 2.20. The van der Waals surface area contributed by atoms with E-state index in [1.165, 1.54) is 28.0 Å². The summed E-state index contributed by atoms with van der Waals surface area (Å²) in [4.78, 5) is 28.0. The molecule has 1 N–H and O–H groups in total. The molecule has 1 aromatic heterocycles. The number of nitrogens with zero attached hydrogens (tertiary/aromatic N) is 4. The molecule has 0 saturated carbocycles. The molecule has 0 unspecified atom stereocenters. The van der Waals surface area contributed by atoms with E-state index in [0.717, 1.165) is 36.3 Å². The molecule has 3 rings (SSSR count). The smallest absolute Gasteiger partial charge is 0.243 e. The molecule has 2 amide bonds. The Morgan fingerprint density at radius 2 is 2.04 bits per heavy atom. The number of thioether (sulfide) groups is 1. The number of carbonyl (C=O) groups excluding carboxylic acids is 2. The Morgan fingerprint density at radius 3 is 2.70 bits per heavy atom. The van der Waals surface area contributed by atoms with Crippen molar-refractivity contribution < 1.29 is 14.3 Å². The quantitative estimate of drug-likeness (QED) is 0.697. The zero-order valence-corrected chi connectivity index (χ0v) is 16.6. The van der Waals surface area contributed by atoms with Crippen molar-refractivity contribution in [3.63, 3.8) is 0 Å². The molecule has 1 aliphatic heterocycles. The number of amides is 2. The summed E-state index contributed by atoms with van der Waals surface area (Å²) in [6.07, 6.45) is 0. The van der Waals surface area contributed by atoms with Gasteiger partial charge in [-0.25, -0.2) is 0 Å². The SMILES string of the molecule is CN(CC(=O)Nc1ccc(N2CCOCC2)cc1)C(=O)CSc1nncs1. The number of morpholine rings is 1. The fraction of sp³-hybridized carbons (Fsp3) is 0.412. The lowest BCUT2D eigenvalue weighted by atomic mass is 10.2. The van der Waals surface area contributed by atoms with E-state index in [2.05, 4.69) is 20.4 Å². The minimum Gasteiger partial charge on any atom is -0.378 e. The van der Waals surface area contributed by atoms with Crippen LogP contribution < -0.4 is 10.2 Å². The topological polar surface area (TPSA) is 87.7 Å². The van der Waals surface area contributed by atoms with Crippen molar-refractivity contribution in [2.45, 2.75) is 4.34 Å². The second-order valence-corrected chi connectivity index (χ2v) is 7.99. The van der Waals surface area contributed by atoms with Gasteiger partial charge in [0.05, 0.1) is 25.5 Å². The normalized spacial score (nSPS) is 14.0. The first-order valence-electron chi connectivity index (χ1n) is 8.47. The lowest BCUT2D eigenvalue weighted by molar-refractivity contribution is -0.131. The summed E-state index contributed by atoms with van der Waals surface area (Å²) in [6.45, 7) is 3.20. The van der Waals surface area contributed by atoms with Crippen LogP contribution in [0.3, 0.4) is 0 Å². The van der Waals surface area contributed by atoms with E-state index in [0.29, 0.717) is 5.69 Å². The van der Waals surface area contributed by atoms with E-state index < -0.39 is 0 Å². The Kier molecular flexibility index (Phi) is 7.02. The summed E-state index contributed by atoms with van der Waals surface area (Å²) in [6, 6.07) is 7.70. The summed E-state index contributed by atoms with van der Waals surface area (Å²) >= 11 is 2.70. The zero-order chi connectivity index (χ0) is 19.1. The van der Waals surface area contributed by atoms with E-state index in [9.17, 15) is 9.59 Å². The van der Waals surface area contributed by atoms with Gasteiger partial charge in [-0.2, -0.15) is 0 Å². The van der Waals surface area contributed by atoms with Gasteiger partial charge < -0.3 is 19.9 Å². The molecule has 27 heavy (non-hydrogen) atoms. The predicted molar refractivity (Wildman–Crippen MR) is 106 cm³/mol. The minimum absolute atomic E-state index is 0.000722. The molecule has 1 fully saturated rings. The van der Waals surface area contributed by atoms with Crippen LogP contribution in [0.1, 0.15) is 0 Å². The molecule has 0 atom stereocenters. The number of ether oxygens (including phenoxy) is 1. The van der Waals surface area contributed by atoms with Crippen LogP contribution in [0, 0.1) is 0 Å². The van der Waals surface area contributed by atoms with Crippen LogP contribution in [-0.2, 0) is 14.3 Å². The highest BCUT2D eigenvalue weighted by atomic mass is 32.2. The molecule has 8 nitrogen and oxygen atoms in total. The third kappa shape index (κ3) is 5.91. The third-order valence-electron chi connectivity index (χ3n) is 3.99. The van der Waals surface area contributed by atoms with Gasteiger partial charge in [-0.15, -0.1) is 10.2 Å². The standard InChI is InChI=1S/C17H21N5O3S2/c1-21(16(24)11-26-17-20-18-12-27-17)10-15(23)19-13-2-4-14(5-3-13)22-6-8-25-9-7-22/h2-5,12H,6-11H2,1H3,(H,19,23). The van der Waals surface area contributed by atoms with Crippen LogP contribution in [0.5, 0.6) is 0 Å². The first-order valence-corrected chi connectivity index (χ1v) is 10.3. The summed E-state index contributed by atoms with van der Waals surface area (Å²) in [5, 5.41) is 10.4. The van der Waals surface area contributed by atoms with E-state index in [1.54, 1.807) is 12.6 Å². The van der Waals surface area contributed by atoms with Gasteiger partial charge in [0.1, 0.15) is 5.51 Å². The summed E-state index contributed by atoms with van der Waals surface area (Å²) in [5.41, 5.74) is 3.44. The van der Waals surface area contributed by atoms with Gasteiger partial charge in [-0.05, 0) is 24.3 Å². The third-order valence-corrected chi connectivity index (χ3v) is 5.84. The van der Waals surface area contributed by atoms with Gasteiger partial charge in [-0.3, -0.25) is 9.59 Å². The van der Waals surface area contributed by atoms with E-state index in [-0.39, 0.29) is 24.1 Å². The van der Waals surface area contributed by atoms with Gasteiger partial charge >= 0.3 is 0 Å². The summed E-state index contributed by atoms with van der Waals surface area (Å²) < 4.78 is 6.09. The van der Waals surface area contributed by atoms with Crippen molar-refractivity contribution in [3.8, 4) is 0 Å². The maximum Gasteiger partial charge on any atom is 0.243 e. The molecule has 2 heterocycles. The number of benzene rings is 1. The fourth-order valence-electron chi connectivity index (χ4n) is 2.54. The number of anilines is 2. The average molecular weight is 408 g/mol. The maximum atomic E-state index is 12.2. The van der Waals surface area contributed by atoms with Crippen molar-refractivity contribution in [2.75, 3.05) is 55.9 Å². The molecule has 10 heteroatoms. The Bertz CT molecular complexity index is 748. The van der Waals surface area contributed by atoms with E-state index in [1.807, 2.05) is 24.3 Å². The number of aromatic nitrogens is 2. The second-order valence-electron chi connectivity index (χ2n) is 5.94. The van der Waals surface area contributed by atoms with Crippen LogP contribution in [0.4, 0.5) is 11.4 Å². The number of hydrogen-bond acceptors (Lipinski definition) is 8. The van der Waals surface area contributed by atoms with E-state index in [4.69, 9.17) is 4.74 Å². The largest absolute Gasteiger partial charge is 0.378 e. The zero-order valence-electron chi connectivity index (χ0n) is 15.0. The first kappa shape index (κ1) is 19.6. The number of rotatable bonds is 7. The Hall–Kier alpha value is -2.17. The van der Waals surface area contributed by atoms with Crippen LogP contribution in [-0.4, -0.2) is 72.6 Å². The second kappa shape index (κ2) is 9.67. The Labute approximate surface area is 165 Å². The molecule has 0 aliphatic carbocycles. The molecule has 1 aromatic carbocycles. The number of hydrogen-bond donors (Lipinski definition) is 1.